The first-order valence-electron chi connectivity index (χ1n) is 4.43. The van der Waals surface area contributed by atoms with Crippen LogP contribution >= 0.6 is 12.2 Å². The molecule has 17 heavy (non-hydrogen) atoms. The molecule has 90 valence electrons. The largest absolute Gasteiger partial charge is 0.481 e. The molecule has 0 aliphatic heterocycles. The van der Waals surface area contributed by atoms with E-state index in [0.29, 0.717) is 5.39 Å². The molecule has 0 fully saturated rings. The molecule has 0 saturated carbocycles. The van der Waals surface area contributed by atoms with Gasteiger partial charge >= 0.3 is 6.18 Å². The average Bonchev–Trinajstić information content (AvgIpc) is 2.27. The summed E-state index contributed by atoms with van der Waals surface area (Å²) in [5.74, 6) is -0.875. The topological polar surface area (TPSA) is 50.8 Å². The number of fused-ring (bicyclic) bond motifs is 1. The van der Waals surface area contributed by atoms with Crippen LogP contribution in [0, 0.1) is 4.64 Å². The van der Waals surface area contributed by atoms with Crippen molar-refractivity contribution in [3.63, 3.8) is 0 Å². The van der Waals surface area contributed by atoms with Gasteiger partial charge in [-0.15, -0.1) is 0 Å². The molecule has 0 unspecified atom stereocenters. The van der Waals surface area contributed by atoms with Crippen molar-refractivity contribution in [1.29, 1.82) is 0 Å². The molecule has 2 aromatic rings. The van der Waals surface area contributed by atoms with Crippen molar-refractivity contribution in [3.8, 4) is 5.88 Å². The van der Waals surface area contributed by atoms with E-state index in [0.717, 1.165) is 0 Å². The number of ether oxygens (including phenoxy) is 1. The van der Waals surface area contributed by atoms with E-state index in [1.807, 2.05) is 0 Å². The number of aromatic amines is 1. The number of alkyl halides is 3. The molecule has 4 nitrogen and oxygen atoms in total. The molecule has 0 aliphatic carbocycles. The van der Waals surface area contributed by atoms with Crippen molar-refractivity contribution < 1.29 is 17.9 Å². The van der Waals surface area contributed by atoms with Crippen LogP contribution in [0.1, 0.15) is 5.82 Å². The van der Waals surface area contributed by atoms with Crippen LogP contribution in [-0.2, 0) is 6.18 Å². The van der Waals surface area contributed by atoms with Crippen molar-refractivity contribution in [2.24, 2.45) is 0 Å². The number of methoxy groups -OCH3 is 1. The SMILES string of the molecule is COc1cc2c(=S)nc(C(F)(F)F)[nH]c2cn1. The van der Waals surface area contributed by atoms with Crippen molar-refractivity contribution in [1.82, 2.24) is 15.0 Å². The number of aromatic nitrogens is 3. The third-order valence-corrected chi connectivity index (χ3v) is 2.36. The van der Waals surface area contributed by atoms with E-state index in [2.05, 4.69) is 15.0 Å². The Morgan fingerprint density at radius 2 is 2.12 bits per heavy atom. The normalized spacial score (nSPS) is 11.8. The summed E-state index contributed by atoms with van der Waals surface area (Å²) in [5, 5.41) is 0.361. The second kappa shape index (κ2) is 3.95. The molecule has 0 radical (unpaired) electrons. The Morgan fingerprint density at radius 1 is 1.41 bits per heavy atom. The first-order valence-corrected chi connectivity index (χ1v) is 4.84. The highest BCUT2D eigenvalue weighted by Crippen LogP contribution is 2.28. The van der Waals surface area contributed by atoms with Crippen LogP contribution < -0.4 is 4.74 Å². The maximum Gasteiger partial charge on any atom is 0.449 e. The monoisotopic (exact) mass is 261 g/mol. The molecular formula is C9H6F3N3OS. The van der Waals surface area contributed by atoms with Gasteiger partial charge in [-0.1, -0.05) is 12.2 Å². The molecule has 1 N–H and O–H groups in total. The smallest absolute Gasteiger partial charge is 0.449 e. The molecule has 2 rings (SSSR count). The number of nitrogens with zero attached hydrogens (tertiary/aromatic N) is 2. The minimum atomic E-state index is -4.57. The quantitative estimate of drug-likeness (QED) is 0.802. The second-order valence-corrected chi connectivity index (χ2v) is 3.55. The number of H-pyrrole nitrogens is 1. The Bertz CT molecular complexity index is 623. The van der Waals surface area contributed by atoms with Gasteiger partial charge in [0.1, 0.15) is 4.64 Å². The van der Waals surface area contributed by atoms with Gasteiger partial charge in [0.25, 0.3) is 0 Å². The Kier molecular flexibility index (Phi) is 2.74. The number of nitrogens with one attached hydrogen (secondary N) is 1. The molecule has 0 aliphatic rings. The molecule has 8 heteroatoms. The summed E-state index contributed by atoms with van der Waals surface area (Å²) in [5.41, 5.74) is 0.165. The zero-order chi connectivity index (χ0) is 12.6. The van der Waals surface area contributed by atoms with Crippen molar-refractivity contribution >= 4 is 23.1 Å². The fraction of sp³-hybridized carbons (Fsp3) is 0.222. The van der Waals surface area contributed by atoms with Gasteiger partial charge in [0, 0.05) is 11.5 Å². The van der Waals surface area contributed by atoms with E-state index in [1.165, 1.54) is 19.4 Å². The summed E-state index contributed by atoms with van der Waals surface area (Å²) in [7, 11) is 1.40. The molecule has 0 aromatic carbocycles. The van der Waals surface area contributed by atoms with Crippen LogP contribution in [0.4, 0.5) is 13.2 Å². The van der Waals surface area contributed by atoms with E-state index in [-0.39, 0.29) is 16.0 Å². The predicted molar refractivity (Wildman–Crippen MR) is 56.3 cm³/mol. The minimum Gasteiger partial charge on any atom is -0.481 e. The van der Waals surface area contributed by atoms with E-state index in [9.17, 15) is 13.2 Å². The van der Waals surface area contributed by atoms with Crippen molar-refractivity contribution in [2.75, 3.05) is 7.11 Å². The molecular weight excluding hydrogens is 255 g/mol. The van der Waals surface area contributed by atoms with Crippen LogP contribution in [0.15, 0.2) is 12.3 Å². The van der Waals surface area contributed by atoms with Gasteiger partial charge in [-0.3, -0.25) is 0 Å². The Hall–Kier alpha value is -1.70. The maximum absolute atomic E-state index is 12.5. The number of rotatable bonds is 1. The lowest BCUT2D eigenvalue weighted by molar-refractivity contribution is -0.144. The van der Waals surface area contributed by atoms with Crippen molar-refractivity contribution in [2.45, 2.75) is 6.18 Å². The van der Waals surface area contributed by atoms with Gasteiger partial charge < -0.3 is 9.72 Å². The van der Waals surface area contributed by atoms with Gasteiger partial charge in [0.15, 0.2) is 0 Å². The standard InChI is InChI=1S/C9H6F3N3OS/c1-16-6-2-4-5(3-13-6)14-8(9(10,11)12)15-7(4)17/h2-3H,1H3,(H,14,15,17). The van der Waals surface area contributed by atoms with Gasteiger partial charge in [-0.25, -0.2) is 9.97 Å². The first-order chi connectivity index (χ1) is 7.91. The van der Waals surface area contributed by atoms with Crippen LogP contribution in [0.5, 0.6) is 5.88 Å². The molecule has 2 heterocycles. The van der Waals surface area contributed by atoms with Gasteiger partial charge in [0.2, 0.25) is 11.7 Å². The molecule has 0 bridgehead atoms. The number of pyridine rings is 1. The predicted octanol–water partition coefficient (Wildman–Crippen LogP) is 2.71. The van der Waals surface area contributed by atoms with Crippen LogP contribution in [0.2, 0.25) is 0 Å². The fourth-order valence-electron chi connectivity index (χ4n) is 1.28. The Balaban J connectivity index is 2.73. The van der Waals surface area contributed by atoms with E-state index >= 15 is 0 Å². The molecule has 0 saturated heterocycles. The Labute approximate surface area is 98.5 Å². The highest BCUT2D eigenvalue weighted by atomic mass is 32.1. The number of hydrogen-bond donors (Lipinski definition) is 1. The summed E-state index contributed by atoms with van der Waals surface area (Å²) >= 11 is 4.80. The zero-order valence-corrected chi connectivity index (χ0v) is 9.32. The average molecular weight is 261 g/mol. The third-order valence-electron chi connectivity index (χ3n) is 2.05. The Morgan fingerprint density at radius 3 is 2.71 bits per heavy atom. The summed E-state index contributed by atoms with van der Waals surface area (Å²) in [6.45, 7) is 0. The molecule has 0 atom stereocenters. The van der Waals surface area contributed by atoms with Gasteiger partial charge in [0.05, 0.1) is 18.8 Å². The summed E-state index contributed by atoms with van der Waals surface area (Å²) in [6.07, 6.45) is -3.34. The minimum absolute atomic E-state index is 0.147. The van der Waals surface area contributed by atoms with Crippen LogP contribution in [0.25, 0.3) is 10.9 Å². The maximum atomic E-state index is 12.5. The van der Waals surface area contributed by atoms with E-state index < -0.39 is 12.0 Å². The molecule has 2 aromatic heterocycles. The number of halogens is 3. The van der Waals surface area contributed by atoms with E-state index in [4.69, 9.17) is 17.0 Å². The lowest BCUT2D eigenvalue weighted by atomic mass is 10.3. The lowest BCUT2D eigenvalue weighted by Crippen LogP contribution is -2.11. The summed E-state index contributed by atoms with van der Waals surface area (Å²) in [4.78, 5) is 9.23. The van der Waals surface area contributed by atoms with E-state index in [1.54, 1.807) is 0 Å². The van der Waals surface area contributed by atoms with Gasteiger partial charge in [-0.2, -0.15) is 13.2 Å². The third kappa shape index (κ3) is 2.21. The first kappa shape index (κ1) is 11.8. The lowest BCUT2D eigenvalue weighted by Gasteiger charge is -2.07. The summed E-state index contributed by atoms with van der Waals surface area (Å²) in [6, 6.07) is 1.43. The highest BCUT2D eigenvalue weighted by Gasteiger charge is 2.34. The van der Waals surface area contributed by atoms with Crippen molar-refractivity contribution in [3.05, 3.63) is 22.7 Å². The van der Waals surface area contributed by atoms with Crippen LogP contribution in [0.3, 0.4) is 0 Å². The zero-order valence-electron chi connectivity index (χ0n) is 8.50. The summed E-state index contributed by atoms with van der Waals surface area (Å²) < 4.78 is 42.1. The van der Waals surface area contributed by atoms with Crippen LogP contribution in [-0.4, -0.2) is 22.1 Å². The highest BCUT2D eigenvalue weighted by molar-refractivity contribution is 7.71. The molecule has 0 spiro atoms. The molecule has 0 amide bonds. The fourth-order valence-corrected chi connectivity index (χ4v) is 1.54. The number of hydrogen-bond acceptors (Lipinski definition) is 4. The van der Waals surface area contributed by atoms with Gasteiger partial charge in [-0.05, 0) is 0 Å². The second-order valence-electron chi connectivity index (χ2n) is 3.16.